The van der Waals surface area contributed by atoms with E-state index >= 15 is 0 Å². The van der Waals surface area contributed by atoms with Crippen molar-refractivity contribution in [2.24, 2.45) is 5.92 Å². The van der Waals surface area contributed by atoms with Crippen LogP contribution in [0.3, 0.4) is 0 Å². The number of aliphatic hydroxyl groups is 1. The molecule has 0 saturated heterocycles. The van der Waals surface area contributed by atoms with E-state index in [1.807, 2.05) is 12.1 Å². The third-order valence-corrected chi connectivity index (χ3v) is 2.57. The summed E-state index contributed by atoms with van der Waals surface area (Å²) in [4.78, 5) is 0. The van der Waals surface area contributed by atoms with Crippen molar-refractivity contribution in [3.63, 3.8) is 0 Å². The maximum absolute atomic E-state index is 9.98. The maximum Gasteiger partial charge on any atom is 0.0792 e. The molecule has 15 heavy (non-hydrogen) atoms. The van der Waals surface area contributed by atoms with Gasteiger partial charge in [-0.05, 0) is 29.9 Å². The average Bonchev–Trinajstić information content (AvgIpc) is 2.17. The predicted molar refractivity (Wildman–Crippen MR) is 64.9 cm³/mol. The van der Waals surface area contributed by atoms with E-state index in [4.69, 9.17) is 0 Å². The Morgan fingerprint density at radius 1 is 1.27 bits per heavy atom. The van der Waals surface area contributed by atoms with Crippen LogP contribution in [-0.2, 0) is 6.42 Å². The molecule has 0 heterocycles. The Morgan fingerprint density at radius 2 is 2.00 bits per heavy atom. The molecule has 1 rings (SSSR count). The fourth-order valence-corrected chi connectivity index (χ4v) is 1.83. The predicted octanol–water partition coefficient (Wildman–Crippen LogP) is 3.72. The molecular formula is C14H22O. The lowest BCUT2D eigenvalue weighted by Crippen LogP contribution is -2.02. The van der Waals surface area contributed by atoms with Gasteiger partial charge in [-0.3, -0.25) is 0 Å². The quantitative estimate of drug-likeness (QED) is 0.778. The zero-order valence-corrected chi connectivity index (χ0v) is 10.0. The first-order valence-corrected chi connectivity index (χ1v) is 5.90. The van der Waals surface area contributed by atoms with E-state index in [0.29, 0.717) is 5.92 Å². The Kier molecular flexibility index (Phi) is 4.83. The molecular weight excluding hydrogens is 184 g/mol. The molecule has 0 radical (unpaired) electrons. The normalized spacial score (nSPS) is 13.1. The van der Waals surface area contributed by atoms with Crippen LogP contribution in [0.15, 0.2) is 24.3 Å². The molecule has 0 amide bonds. The highest BCUT2D eigenvalue weighted by atomic mass is 16.3. The van der Waals surface area contributed by atoms with Gasteiger partial charge in [0.25, 0.3) is 0 Å². The molecule has 0 spiro atoms. The summed E-state index contributed by atoms with van der Waals surface area (Å²) in [5.41, 5.74) is 2.40. The lowest BCUT2D eigenvalue weighted by Gasteiger charge is -2.14. The van der Waals surface area contributed by atoms with Gasteiger partial charge in [-0.1, -0.05) is 51.5 Å². The van der Waals surface area contributed by atoms with Crippen molar-refractivity contribution in [3.8, 4) is 0 Å². The van der Waals surface area contributed by atoms with E-state index in [-0.39, 0.29) is 6.10 Å². The zero-order valence-electron chi connectivity index (χ0n) is 10.0. The van der Waals surface area contributed by atoms with Gasteiger partial charge in [-0.25, -0.2) is 0 Å². The topological polar surface area (TPSA) is 20.2 Å². The molecule has 0 aliphatic carbocycles. The Bertz CT molecular complexity index is 291. The largest absolute Gasteiger partial charge is 0.388 e. The van der Waals surface area contributed by atoms with Gasteiger partial charge in [0, 0.05) is 0 Å². The summed E-state index contributed by atoms with van der Waals surface area (Å²) in [6.07, 6.45) is 2.79. The minimum Gasteiger partial charge on any atom is -0.388 e. The highest BCUT2D eigenvalue weighted by Crippen LogP contribution is 2.22. The lowest BCUT2D eigenvalue weighted by atomic mass is 9.97. The second kappa shape index (κ2) is 5.92. The van der Waals surface area contributed by atoms with E-state index in [0.717, 1.165) is 24.8 Å². The zero-order chi connectivity index (χ0) is 11.3. The molecule has 0 fully saturated rings. The van der Waals surface area contributed by atoms with E-state index in [1.165, 1.54) is 5.56 Å². The molecule has 84 valence electrons. The van der Waals surface area contributed by atoms with Crippen molar-refractivity contribution in [1.29, 1.82) is 0 Å². The molecule has 1 aromatic rings. The first-order chi connectivity index (χ1) is 7.13. The van der Waals surface area contributed by atoms with Crippen molar-refractivity contribution in [3.05, 3.63) is 35.4 Å². The second-order valence-corrected chi connectivity index (χ2v) is 4.64. The van der Waals surface area contributed by atoms with Crippen LogP contribution in [0.1, 0.15) is 50.8 Å². The summed E-state index contributed by atoms with van der Waals surface area (Å²) < 4.78 is 0. The van der Waals surface area contributed by atoms with Crippen molar-refractivity contribution in [2.75, 3.05) is 0 Å². The van der Waals surface area contributed by atoms with Gasteiger partial charge in [-0.15, -0.1) is 0 Å². The highest BCUT2D eigenvalue weighted by molar-refractivity contribution is 5.25. The minimum atomic E-state index is -0.304. The summed E-state index contributed by atoms with van der Waals surface area (Å²) in [5, 5.41) is 9.98. The van der Waals surface area contributed by atoms with Crippen molar-refractivity contribution in [2.45, 2.75) is 46.1 Å². The Balaban J connectivity index is 2.71. The van der Waals surface area contributed by atoms with Crippen LogP contribution >= 0.6 is 0 Å². The lowest BCUT2D eigenvalue weighted by molar-refractivity contribution is 0.151. The van der Waals surface area contributed by atoms with Crippen LogP contribution in [0, 0.1) is 5.92 Å². The van der Waals surface area contributed by atoms with E-state index in [2.05, 4.69) is 32.9 Å². The summed E-state index contributed by atoms with van der Waals surface area (Å²) in [7, 11) is 0. The SMILES string of the molecule is CCCc1cccc(C(O)CC(C)C)c1. The minimum absolute atomic E-state index is 0.304. The van der Waals surface area contributed by atoms with Crippen molar-refractivity contribution < 1.29 is 5.11 Å². The molecule has 1 nitrogen and oxygen atoms in total. The number of benzene rings is 1. The molecule has 1 heteroatoms. The smallest absolute Gasteiger partial charge is 0.0792 e. The summed E-state index contributed by atoms with van der Waals surface area (Å²) in [6, 6.07) is 8.34. The van der Waals surface area contributed by atoms with Crippen LogP contribution in [0.4, 0.5) is 0 Å². The fourth-order valence-electron chi connectivity index (χ4n) is 1.83. The van der Waals surface area contributed by atoms with Gasteiger partial charge < -0.3 is 5.11 Å². The Labute approximate surface area is 93.1 Å². The van der Waals surface area contributed by atoms with Crippen LogP contribution in [0.25, 0.3) is 0 Å². The van der Waals surface area contributed by atoms with Gasteiger partial charge in [0.15, 0.2) is 0 Å². The Hall–Kier alpha value is -0.820. The van der Waals surface area contributed by atoms with Gasteiger partial charge in [-0.2, -0.15) is 0 Å². The van der Waals surface area contributed by atoms with E-state index < -0.39 is 0 Å². The van der Waals surface area contributed by atoms with Crippen LogP contribution < -0.4 is 0 Å². The average molecular weight is 206 g/mol. The van der Waals surface area contributed by atoms with Gasteiger partial charge in [0.1, 0.15) is 0 Å². The third-order valence-electron chi connectivity index (χ3n) is 2.57. The molecule has 0 saturated carbocycles. The molecule has 0 aromatic heterocycles. The maximum atomic E-state index is 9.98. The molecule has 0 aliphatic rings. The standard InChI is InChI=1S/C14H22O/c1-4-6-12-7-5-8-13(10-12)14(15)9-11(2)3/h5,7-8,10-11,14-15H,4,6,9H2,1-3H3. The number of aliphatic hydroxyl groups excluding tert-OH is 1. The summed E-state index contributed by atoms with van der Waals surface area (Å²) in [5.74, 6) is 0.537. The molecule has 1 atom stereocenters. The van der Waals surface area contributed by atoms with Gasteiger partial charge in [0.05, 0.1) is 6.10 Å². The highest BCUT2D eigenvalue weighted by Gasteiger charge is 2.09. The molecule has 0 aliphatic heterocycles. The van der Waals surface area contributed by atoms with E-state index in [9.17, 15) is 5.11 Å². The summed E-state index contributed by atoms with van der Waals surface area (Å²) in [6.45, 7) is 6.45. The number of hydrogen-bond donors (Lipinski definition) is 1. The molecule has 1 aromatic carbocycles. The fraction of sp³-hybridized carbons (Fsp3) is 0.571. The second-order valence-electron chi connectivity index (χ2n) is 4.64. The van der Waals surface area contributed by atoms with Crippen LogP contribution in [0.5, 0.6) is 0 Å². The summed E-state index contributed by atoms with van der Waals surface area (Å²) >= 11 is 0. The molecule has 0 bridgehead atoms. The molecule has 1 unspecified atom stereocenters. The third kappa shape index (κ3) is 4.05. The molecule has 1 N–H and O–H groups in total. The first kappa shape index (κ1) is 12.3. The van der Waals surface area contributed by atoms with Gasteiger partial charge >= 0.3 is 0 Å². The van der Waals surface area contributed by atoms with E-state index in [1.54, 1.807) is 0 Å². The number of hydrogen-bond acceptors (Lipinski definition) is 1. The monoisotopic (exact) mass is 206 g/mol. The van der Waals surface area contributed by atoms with Crippen LogP contribution in [-0.4, -0.2) is 5.11 Å². The van der Waals surface area contributed by atoms with Crippen molar-refractivity contribution >= 4 is 0 Å². The van der Waals surface area contributed by atoms with Gasteiger partial charge in [0.2, 0.25) is 0 Å². The van der Waals surface area contributed by atoms with Crippen molar-refractivity contribution in [1.82, 2.24) is 0 Å². The van der Waals surface area contributed by atoms with Crippen LogP contribution in [0.2, 0.25) is 0 Å². The first-order valence-electron chi connectivity index (χ1n) is 5.90. The number of aryl methyl sites for hydroxylation is 1. The Morgan fingerprint density at radius 3 is 2.60 bits per heavy atom. The number of rotatable bonds is 5.